The maximum absolute atomic E-state index is 6.03. The summed E-state index contributed by atoms with van der Waals surface area (Å²) in [5, 5.41) is 3.51. The lowest BCUT2D eigenvalue weighted by Gasteiger charge is -2.30. The molecule has 1 aromatic carbocycles. The predicted octanol–water partition coefficient (Wildman–Crippen LogP) is 3.63. The van der Waals surface area contributed by atoms with Crippen LogP contribution in [0.3, 0.4) is 0 Å². The normalized spacial score (nSPS) is 30.4. The third-order valence-corrected chi connectivity index (χ3v) is 5.06. The standard InChI is InChI=1S/C18H29NO2/c1-10-8-15(9-11(2)18(10)20-7)17(19-6)16-12(3)13(4)21-14(16)5/h8-9,12-14,16-17,19H,1-7H3. The summed E-state index contributed by atoms with van der Waals surface area (Å²) in [6.07, 6.45) is 0.594. The van der Waals surface area contributed by atoms with Crippen molar-refractivity contribution in [1.29, 1.82) is 0 Å². The van der Waals surface area contributed by atoms with Gasteiger partial charge >= 0.3 is 0 Å². The summed E-state index contributed by atoms with van der Waals surface area (Å²) in [5.74, 6) is 2.02. The maximum Gasteiger partial charge on any atom is 0.124 e. The van der Waals surface area contributed by atoms with Gasteiger partial charge in [0.05, 0.1) is 19.3 Å². The summed E-state index contributed by atoms with van der Waals surface area (Å²) >= 11 is 0. The quantitative estimate of drug-likeness (QED) is 0.919. The van der Waals surface area contributed by atoms with Crippen LogP contribution in [0.5, 0.6) is 5.75 Å². The summed E-state index contributed by atoms with van der Waals surface area (Å²) in [4.78, 5) is 0. The van der Waals surface area contributed by atoms with Crippen LogP contribution in [-0.4, -0.2) is 26.4 Å². The largest absolute Gasteiger partial charge is 0.496 e. The Morgan fingerprint density at radius 3 is 2.05 bits per heavy atom. The van der Waals surface area contributed by atoms with Crippen LogP contribution in [0.15, 0.2) is 12.1 Å². The summed E-state index contributed by atoms with van der Waals surface area (Å²) < 4.78 is 11.5. The number of ether oxygens (including phenoxy) is 2. The molecule has 1 saturated heterocycles. The molecule has 1 fully saturated rings. The van der Waals surface area contributed by atoms with Crippen molar-refractivity contribution < 1.29 is 9.47 Å². The number of aryl methyl sites for hydroxylation is 2. The van der Waals surface area contributed by atoms with E-state index in [2.05, 4.69) is 52.1 Å². The molecule has 1 aromatic rings. The van der Waals surface area contributed by atoms with Crippen LogP contribution in [0.2, 0.25) is 0 Å². The fraction of sp³-hybridized carbons (Fsp3) is 0.667. The lowest BCUT2D eigenvalue weighted by atomic mass is 9.80. The Bertz CT molecular complexity index is 477. The third kappa shape index (κ3) is 2.95. The highest BCUT2D eigenvalue weighted by Crippen LogP contribution is 2.41. The Balaban J connectivity index is 2.38. The number of hydrogen-bond acceptors (Lipinski definition) is 3. The van der Waals surface area contributed by atoms with Crippen molar-refractivity contribution in [1.82, 2.24) is 5.32 Å². The minimum atomic E-state index is 0.273. The molecule has 1 aliphatic rings. The first-order valence-electron chi connectivity index (χ1n) is 7.88. The molecule has 118 valence electrons. The fourth-order valence-electron chi connectivity index (χ4n) is 3.93. The molecule has 0 saturated carbocycles. The van der Waals surface area contributed by atoms with Crippen LogP contribution in [-0.2, 0) is 4.74 Å². The minimum Gasteiger partial charge on any atom is -0.496 e. The third-order valence-electron chi connectivity index (χ3n) is 5.06. The average Bonchev–Trinajstić information content (AvgIpc) is 2.66. The number of benzene rings is 1. The highest BCUT2D eigenvalue weighted by molar-refractivity contribution is 5.44. The van der Waals surface area contributed by atoms with Crippen molar-refractivity contribution >= 4 is 0 Å². The van der Waals surface area contributed by atoms with Gasteiger partial charge in [0.1, 0.15) is 5.75 Å². The second-order valence-corrected chi connectivity index (χ2v) is 6.44. The maximum atomic E-state index is 6.03. The molecule has 1 heterocycles. The second-order valence-electron chi connectivity index (χ2n) is 6.44. The van der Waals surface area contributed by atoms with E-state index in [-0.39, 0.29) is 6.10 Å². The number of nitrogens with one attached hydrogen (secondary N) is 1. The second kappa shape index (κ2) is 6.37. The van der Waals surface area contributed by atoms with Crippen LogP contribution in [0.25, 0.3) is 0 Å². The van der Waals surface area contributed by atoms with E-state index in [1.165, 1.54) is 16.7 Å². The zero-order valence-corrected chi connectivity index (χ0v) is 14.4. The first kappa shape index (κ1) is 16.3. The Hall–Kier alpha value is -1.06. The minimum absolute atomic E-state index is 0.273. The summed E-state index contributed by atoms with van der Waals surface area (Å²) in [6, 6.07) is 4.80. The van der Waals surface area contributed by atoms with Gasteiger partial charge in [0.15, 0.2) is 0 Å². The smallest absolute Gasteiger partial charge is 0.124 e. The highest BCUT2D eigenvalue weighted by Gasteiger charge is 2.41. The molecule has 0 aromatic heterocycles. The molecule has 5 unspecified atom stereocenters. The van der Waals surface area contributed by atoms with E-state index in [9.17, 15) is 0 Å². The van der Waals surface area contributed by atoms with Gasteiger partial charge in [-0.1, -0.05) is 19.1 Å². The molecule has 0 amide bonds. The molecular weight excluding hydrogens is 262 g/mol. The summed E-state index contributed by atoms with van der Waals surface area (Å²) in [6.45, 7) is 10.9. The Kier molecular flexibility index (Phi) is 4.95. The summed E-state index contributed by atoms with van der Waals surface area (Å²) in [7, 11) is 3.78. The molecule has 1 N–H and O–H groups in total. The van der Waals surface area contributed by atoms with Crippen molar-refractivity contribution in [3.8, 4) is 5.75 Å². The Morgan fingerprint density at radius 1 is 1.10 bits per heavy atom. The molecule has 3 heteroatoms. The Labute approximate surface area is 129 Å². The van der Waals surface area contributed by atoms with Crippen molar-refractivity contribution in [3.05, 3.63) is 28.8 Å². The van der Waals surface area contributed by atoms with Gasteiger partial charge < -0.3 is 14.8 Å². The SMILES string of the molecule is CNC(c1cc(C)c(OC)c(C)c1)C1C(C)OC(C)C1C. The molecule has 2 rings (SSSR count). The topological polar surface area (TPSA) is 30.5 Å². The fourth-order valence-corrected chi connectivity index (χ4v) is 3.93. The highest BCUT2D eigenvalue weighted by atomic mass is 16.5. The van der Waals surface area contributed by atoms with Crippen LogP contribution >= 0.6 is 0 Å². The first-order chi connectivity index (χ1) is 9.90. The molecular formula is C18H29NO2. The van der Waals surface area contributed by atoms with E-state index in [1.54, 1.807) is 7.11 Å². The van der Waals surface area contributed by atoms with Crippen molar-refractivity contribution in [3.63, 3.8) is 0 Å². The number of rotatable bonds is 4. The predicted molar refractivity (Wildman–Crippen MR) is 86.9 cm³/mol. The van der Waals surface area contributed by atoms with Gasteiger partial charge in [-0.25, -0.2) is 0 Å². The van der Waals surface area contributed by atoms with E-state index in [0.29, 0.717) is 24.0 Å². The molecule has 1 aliphatic heterocycles. The molecule has 0 spiro atoms. The van der Waals surface area contributed by atoms with Gasteiger partial charge in [0.25, 0.3) is 0 Å². The summed E-state index contributed by atoms with van der Waals surface area (Å²) in [5.41, 5.74) is 3.72. The monoisotopic (exact) mass is 291 g/mol. The molecule has 5 atom stereocenters. The number of hydrogen-bond donors (Lipinski definition) is 1. The Morgan fingerprint density at radius 2 is 1.67 bits per heavy atom. The van der Waals surface area contributed by atoms with Crippen LogP contribution in [0, 0.1) is 25.7 Å². The van der Waals surface area contributed by atoms with Gasteiger partial charge in [-0.2, -0.15) is 0 Å². The zero-order chi connectivity index (χ0) is 15.7. The van der Waals surface area contributed by atoms with E-state index >= 15 is 0 Å². The number of methoxy groups -OCH3 is 1. The molecule has 0 radical (unpaired) electrons. The van der Waals surface area contributed by atoms with E-state index < -0.39 is 0 Å². The molecule has 21 heavy (non-hydrogen) atoms. The van der Waals surface area contributed by atoms with Crippen molar-refractivity contribution in [2.24, 2.45) is 11.8 Å². The lowest BCUT2D eigenvalue weighted by Crippen LogP contribution is -2.33. The van der Waals surface area contributed by atoms with Crippen molar-refractivity contribution in [2.45, 2.75) is 52.9 Å². The van der Waals surface area contributed by atoms with Gasteiger partial charge in [-0.05, 0) is 57.4 Å². The van der Waals surface area contributed by atoms with E-state index in [0.717, 1.165) is 5.75 Å². The molecule has 0 aliphatic carbocycles. The van der Waals surface area contributed by atoms with Crippen LogP contribution in [0.1, 0.15) is 43.5 Å². The van der Waals surface area contributed by atoms with E-state index in [1.807, 2.05) is 7.05 Å². The van der Waals surface area contributed by atoms with Gasteiger partial charge in [0.2, 0.25) is 0 Å². The van der Waals surface area contributed by atoms with E-state index in [4.69, 9.17) is 9.47 Å². The zero-order valence-electron chi connectivity index (χ0n) is 14.4. The van der Waals surface area contributed by atoms with Gasteiger partial charge in [-0.15, -0.1) is 0 Å². The van der Waals surface area contributed by atoms with Crippen molar-refractivity contribution in [2.75, 3.05) is 14.2 Å². The van der Waals surface area contributed by atoms with Gasteiger partial charge in [0, 0.05) is 12.0 Å². The average molecular weight is 291 g/mol. The molecule has 0 bridgehead atoms. The lowest BCUT2D eigenvalue weighted by molar-refractivity contribution is 0.0478. The van der Waals surface area contributed by atoms with Crippen LogP contribution in [0.4, 0.5) is 0 Å². The van der Waals surface area contributed by atoms with Crippen LogP contribution < -0.4 is 10.1 Å². The van der Waals surface area contributed by atoms with Gasteiger partial charge in [-0.3, -0.25) is 0 Å². The molecule has 3 nitrogen and oxygen atoms in total. The first-order valence-corrected chi connectivity index (χ1v) is 7.88.